The summed E-state index contributed by atoms with van der Waals surface area (Å²) >= 11 is 0. The fourth-order valence-corrected chi connectivity index (χ4v) is 4.96. The molecular formula is C30H27F3N8. The number of rotatable bonds is 4. The Morgan fingerprint density at radius 3 is 2.54 bits per heavy atom. The molecule has 0 saturated heterocycles. The van der Waals surface area contributed by atoms with Crippen LogP contribution in [0.4, 0.5) is 36.3 Å². The number of benzene rings is 2. The van der Waals surface area contributed by atoms with Gasteiger partial charge in [0.25, 0.3) is 0 Å². The van der Waals surface area contributed by atoms with Crippen molar-refractivity contribution in [1.82, 2.24) is 24.9 Å². The van der Waals surface area contributed by atoms with Crippen molar-refractivity contribution >= 4 is 34.2 Å². The quantitative estimate of drug-likeness (QED) is 0.246. The molecule has 0 amide bonds. The lowest BCUT2D eigenvalue weighted by molar-refractivity contribution is -0.137. The topological polar surface area (TPSA) is 85.9 Å². The number of imidazole rings is 1. The molecule has 3 aromatic heterocycles. The van der Waals surface area contributed by atoms with E-state index in [9.17, 15) is 13.2 Å². The van der Waals surface area contributed by atoms with Crippen molar-refractivity contribution in [2.75, 3.05) is 22.2 Å². The molecule has 0 fully saturated rings. The van der Waals surface area contributed by atoms with Crippen LogP contribution in [0.15, 0.2) is 67.1 Å². The lowest BCUT2D eigenvalue weighted by atomic mass is 10.1. The third-order valence-electron chi connectivity index (χ3n) is 7.24. The molecule has 0 saturated carbocycles. The number of anilines is 4. The van der Waals surface area contributed by atoms with Gasteiger partial charge in [-0.3, -0.25) is 4.98 Å². The zero-order valence-corrected chi connectivity index (χ0v) is 22.9. The summed E-state index contributed by atoms with van der Waals surface area (Å²) in [6.07, 6.45) is -2.63. The summed E-state index contributed by atoms with van der Waals surface area (Å²) in [5.74, 6) is 2.40. The van der Waals surface area contributed by atoms with Gasteiger partial charge in [-0.1, -0.05) is 18.7 Å². The van der Waals surface area contributed by atoms with Gasteiger partial charge >= 0.3 is 6.18 Å². The van der Waals surface area contributed by atoms with E-state index in [0.717, 1.165) is 63.2 Å². The van der Waals surface area contributed by atoms with Crippen LogP contribution in [0.1, 0.15) is 28.1 Å². The smallest absolute Gasteiger partial charge is 0.338 e. The predicted molar refractivity (Wildman–Crippen MR) is 154 cm³/mol. The average Bonchev–Trinajstić information content (AvgIpc) is 3.36. The van der Waals surface area contributed by atoms with Gasteiger partial charge in [-0.25, -0.2) is 9.97 Å². The van der Waals surface area contributed by atoms with E-state index in [-0.39, 0.29) is 0 Å². The van der Waals surface area contributed by atoms with Crippen LogP contribution in [0.5, 0.6) is 0 Å². The number of alkyl halides is 3. The Labute approximate surface area is 234 Å². The molecule has 0 bridgehead atoms. The van der Waals surface area contributed by atoms with Crippen molar-refractivity contribution in [2.45, 2.75) is 33.5 Å². The molecule has 0 radical (unpaired) electrons. The summed E-state index contributed by atoms with van der Waals surface area (Å²) < 4.78 is 39.6. The first-order valence-corrected chi connectivity index (χ1v) is 12.9. The highest BCUT2D eigenvalue weighted by Gasteiger charge is 2.31. The normalized spacial score (nSPS) is 13.6. The SMILES string of the molecule is C=C1N(C)c2nc(Nc3ccc(C)nc3C)ncc2CN1c1cc(-c2nc3ccc(C(F)(F)F)cc3[nH]2)ccc1C. The molecular weight excluding hydrogens is 529 g/mol. The van der Waals surface area contributed by atoms with E-state index in [2.05, 4.69) is 36.7 Å². The Balaban J connectivity index is 1.31. The van der Waals surface area contributed by atoms with Gasteiger partial charge in [0.1, 0.15) is 17.5 Å². The summed E-state index contributed by atoms with van der Waals surface area (Å²) in [4.78, 5) is 25.4. The first kappa shape index (κ1) is 26.3. The van der Waals surface area contributed by atoms with E-state index in [1.807, 2.05) is 63.1 Å². The van der Waals surface area contributed by atoms with E-state index in [1.165, 1.54) is 6.07 Å². The van der Waals surface area contributed by atoms with Gasteiger partial charge in [0.2, 0.25) is 5.95 Å². The van der Waals surface area contributed by atoms with Crippen molar-refractivity contribution in [3.63, 3.8) is 0 Å². The average molecular weight is 557 g/mol. The Bertz CT molecular complexity index is 1830. The summed E-state index contributed by atoms with van der Waals surface area (Å²) in [5, 5.41) is 3.26. The molecule has 1 aliphatic heterocycles. The minimum atomic E-state index is -4.43. The number of nitrogens with zero attached hydrogens (tertiary/aromatic N) is 6. The Morgan fingerprint density at radius 2 is 1.78 bits per heavy atom. The second-order valence-electron chi connectivity index (χ2n) is 10.1. The number of fused-ring (bicyclic) bond motifs is 2. The molecule has 1 aliphatic rings. The maximum Gasteiger partial charge on any atom is 0.416 e. The van der Waals surface area contributed by atoms with E-state index < -0.39 is 11.7 Å². The lowest BCUT2D eigenvalue weighted by Crippen LogP contribution is -2.38. The number of aromatic amines is 1. The second-order valence-corrected chi connectivity index (χ2v) is 10.1. The third kappa shape index (κ3) is 4.83. The van der Waals surface area contributed by atoms with Gasteiger partial charge in [0, 0.05) is 35.8 Å². The van der Waals surface area contributed by atoms with Gasteiger partial charge < -0.3 is 20.1 Å². The fourth-order valence-electron chi connectivity index (χ4n) is 4.96. The number of halogens is 3. The Kier molecular flexibility index (Phi) is 6.17. The first-order valence-electron chi connectivity index (χ1n) is 12.9. The highest BCUT2D eigenvalue weighted by atomic mass is 19.4. The summed E-state index contributed by atoms with van der Waals surface area (Å²) in [5.41, 5.74) is 6.25. The molecule has 0 atom stereocenters. The number of nitrogens with one attached hydrogen (secondary N) is 2. The van der Waals surface area contributed by atoms with Crippen LogP contribution in [0, 0.1) is 20.8 Å². The molecule has 208 valence electrons. The van der Waals surface area contributed by atoms with Crippen LogP contribution < -0.4 is 15.1 Å². The van der Waals surface area contributed by atoms with Gasteiger partial charge in [-0.2, -0.15) is 18.2 Å². The van der Waals surface area contributed by atoms with Gasteiger partial charge in [0.05, 0.1) is 34.5 Å². The van der Waals surface area contributed by atoms with E-state index in [1.54, 1.807) is 6.20 Å². The van der Waals surface area contributed by atoms with Crippen LogP contribution in [0.25, 0.3) is 22.4 Å². The molecule has 2 aromatic carbocycles. The molecule has 2 N–H and O–H groups in total. The molecule has 0 spiro atoms. The van der Waals surface area contributed by atoms with Gasteiger partial charge in [-0.15, -0.1) is 0 Å². The molecule has 4 heterocycles. The van der Waals surface area contributed by atoms with Crippen LogP contribution in [0.3, 0.4) is 0 Å². The van der Waals surface area contributed by atoms with Crippen LogP contribution in [-0.2, 0) is 12.7 Å². The van der Waals surface area contributed by atoms with Crippen molar-refractivity contribution < 1.29 is 13.2 Å². The predicted octanol–water partition coefficient (Wildman–Crippen LogP) is 7.03. The standard InChI is InChI=1S/C30H27F3N8/c1-16-6-8-20(27-36-24-11-9-22(30(31,32)33)13-25(24)37-27)12-26(16)41-15-21-14-34-29(39-28(21)40(5)19(41)4)38-23-10-7-17(2)35-18(23)3/h6-14H,4,15H2,1-3,5H3,(H,36,37)(H,34,38,39). The van der Waals surface area contributed by atoms with Crippen molar-refractivity contribution in [1.29, 1.82) is 0 Å². The fraction of sp³-hybridized carbons (Fsp3) is 0.200. The Morgan fingerprint density at radius 1 is 0.976 bits per heavy atom. The molecule has 11 heteroatoms. The van der Waals surface area contributed by atoms with E-state index in [0.29, 0.717) is 29.4 Å². The monoisotopic (exact) mass is 556 g/mol. The lowest BCUT2D eigenvalue weighted by Gasteiger charge is -2.39. The minimum Gasteiger partial charge on any atom is -0.338 e. The Hall–Kier alpha value is -4.93. The maximum absolute atomic E-state index is 13.2. The maximum atomic E-state index is 13.2. The minimum absolute atomic E-state index is 0.325. The van der Waals surface area contributed by atoms with Gasteiger partial charge in [-0.05, 0) is 62.7 Å². The number of H-pyrrole nitrogens is 1. The largest absolute Gasteiger partial charge is 0.416 e. The molecule has 5 aromatic rings. The van der Waals surface area contributed by atoms with Crippen LogP contribution in [-0.4, -0.2) is 32.0 Å². The number of aromatic nitrogens is 5. The van der Waals surface area contributed by atoms with Gasteiger partial charge in [0.15, 0.2) is 0 Å². The molecule has 6 rings (SSSR count). The third-order valence-corrected chi connectivity index (χ3v) is 7.24. The van der Waals surface area contributed by atoms with Crippen LogP contribution in [0.2, 0.25) is 0 Å². The first-order chi connectivity index (χ1) is 19.5. The van der Waals surface area contributed by atoms with E-state index in [4.69, 9.17) is 4.98 Å². The number of aryl methyl sites for hydroxylation is 3. The summed E-state index contributed by atoms with van der Waals surface area (Å²) in [6, 6.07) is 13.2. The van der Waals surface area contributed by atoms with Crippen molar-refractivity contribution in [3.05, 3.63) is 95.2 Å². The highest BCUT2D eigenvalue weighted by Crippen LogP contribution is 2.37. The van der Waals surface area contributed by atoms with Crippen molar-refractivity contribution in [3.8, 4) is 11.4 Å². The highest BCUT2D eigenvalue weighted by molar-refractivity contribution is 5.81. The van der Waals surface area contributed by atoms with Crippen LogP contribution >= 0.6 is 0 Å². The summed E-state index contributed by atoms with van der Waals surface area (Å²) in [6.45, 7) is 10.7. The number of hydrogen-bond acceptors (Lipinski definition) is 7. The zero-order valence-electron chi connectivity index (χ0n) is 22.9. The molecule has 0 aliphatic carbocycles. The molecule has 41 heavy (non-hydrogen) atoms. The number of pyridine rings is 1. The second kappa shape index (κ2) is 9.61. The number of hydrogen-bond donors (Lipinski definition) is 2. The van der Waals surface area contributed by atoms with E-state index >= 15 is 0 Å². The molecule has 8 nitrogen and oxygen atoms in total. The summed E-state index contributed by atoms with van der Waals surface area (Å²) in [7, 11) is 1.90. The zero-order chi connectivity index (χ0) is 29.1. The molecule has 0 unspecified atom stereocenters. The van der Waals surface area contributed by atoms with Crippen molar-refractivity contribution in [2.24, 2.45) is 0 Å².